The fraction of sp³-hybridized carbons (Fsp3) is 0.652. The van der Waals surface area contributed by atoms with Gasteiger partial charge in [0, 0.05) is 45.4 Å². The molecule has 5 nitrogen and oxygen atoms in total. The van der Waals surface area contributed by atoms with Crippen molar-refractivity contribution in [3.05, 3.63) is 30.3 Å². The molecule has 5 heteroatoms. The smallest absolute Gasteiger partial charge is 0.222 e. The third-order valence-corrected chi connectivity index (χ3v) is 6.22. The molecule has 2 aliphatic heterocycles. The van der Waals surface area contributed by atoms with Crippen LogP contribution in [0.3, 0.4) is 0 Å². The minimum absolute atomic E-state index is 0.150. The van der Waals surface area contributed by atoms with Crippen LogP contribution in [-0.2, 0) is 9.59 Å². The van der Waals surface area contributed by atoms with Crippen molar-refractivity contribution in [1.82, 2.24) is 9.80 Å². The molecule has 1 aromatic rings. The summed E-state index contributed by atoms with van der Waals surface area (Å²) >= 11 is 0. The van der Waals surface area contributed by atoms with Crippen molar-refractivity contribution in [1.29, 1.82) is 0 Å². The molecule has 2 atom stereocenters. The Bertz CT molecular complexity index is 653. The highest BCUT2D eigenvalue weighted by atomic mass is 16.5. The number of carbonyl (C=O) groups is 2. The van der Waals surface area contributed by atoms with Gasteiger partial charge in [0.15, 0.2) is 0 Å². The summed E-state index contributed by atoms with van der Waals surface area (Å²) in [5.74, 6) is 3.09. The Balaban J connectivity index is 1.58. The van der Waals surface area contributed by atoms with Crippen LogP contribution in [0, 0.1) is 23.7 Å². The molecule has 0 aliphatic carbocycles. The van der Waals surface area contributed by atoms with Crippen LogP contribution < -0.4 is 4.74 Å². The second kappa shape index (κ2) is 9.44. The molecule has 2 aliphatic rings. The zero-order valence-corrected chi connectivity index (χ0v) is 17.5. The largest absolute Gasteiger partial charge is 0.493 e. The van der Waals surface area contributed by atoms with Crippen LogP contribution in [0.1, 0.15) is 40.0 Å². The Kier molecular flexibility index (Phi) is 6.97. The molecular formula is C23H34N2O3. The number of para-hydroxylation sites is 1. The third-order valence-electron chi connectivity index (χ3n) is 6.22. The Morgan fingerprint density at radius 1 is 1.07 bits per heavy atom. The summed E-state index contributed by atoms with van der Waals surface area (Å²) in [4.78, 5) is 28.3. The Hall–Kier alpha value is -2.04. The molecule has 1 aromatic carbocycles. The second-order valence-corrected chi connectivity index (χ2v) is 8.79. The molecule has 0 bridgehead atoms. The number of hydrogen-bond acceptors (Lipinski definition) is 3. The number of amides is 2. The van der Waals surface area contributed by atoms with E-state index in [0.717, 1.165) is 44.8 Å². The van der Waals surface area contributed by atoms with Gasteiger partial charge in [-0.15, -0.1) is 0 Å². The van der Waals surface area contributed by atoms with Crippen LogP contribution in [0.4, 0.5) is 0 Å². The van der Waals surface area contributed by atoms with E-state index < -0.39 is 0 Å². The van der Waals surface area contributed by atoms with Crippen LogP contribution in [0.15, 0.2) is 30.3 Å². The molecule has 2 heterocycles. The van der Waals surface area contributed by atoms with Gasteiger partial charge in [0.25, 0.3) is 0 Å². The highest BCUT2D eigenvalue weighted by Gasteiger charge is 2.40. The van der Waals surface area contributed by atoms with E-state index in [1.165, 1.54) is 0 Å². The molecule has 2 fully saturated rings. The first-order valence-electron chi connectivity index (χ1n) is 10.6. The maximum absolute atomic E-state index is 12.4. The summed E-state index contributed by atoms with van der Waals surface area (Å²) in [5.41, 5.74) is 0. The van der Waals surface area contributed by atoms with E-state index in [-0.39, 0.29) is 11.8 Å². The first-order chi connectivity index (χ1) is 13.4. The predicted molar refractivity (Wildman–Crippen MR) is 110 cm³/mol. The molecule has 154 valence electrons. The van der Waals surface area contributed by atoms with E-state index in [2.05, 4.69) is 13.8 Å². The monoisotopic (exact) mass is 386 g/mol. The van der Waals surface area contributed by atoms with Crippen LogP contribution in [0.2, 0.25) is 0 Å². The van der Waals surface area contributed by atoms with Crippen LogP contribution >= 0.6 is 0 Å². The lowest BCUT2D eigenvalue weighted by Gasteiger charge is -2.36. The molecule has 0 spiro atoms. The van der Waals surface area contributed by atoms with E-state index in [9.17, 15) is 9.59 Å². The van der Waals surface area contributed by atoms with Gasteiger partial charge in [0.1, 0.15) is 5.75 Å². The molecule has 0 N–H and O–H groups in total. The van der Waals surface area contributed by atoms with Crippen molar-refractivity contribution in [2.75, 3.05) is 32.8 Å². The lowest BCUT2D eigenvalue weighted by atomic mass is 9.78. The molecular weight excluding hydrogens is 352 g/mol. The van der Waals surface area contributed by atoms with Gasteiger partial charge in [-0.1, -0.05) is 32.0 Å². The van der Waals surface area contributed by atoms with E-state index in [4.69, 9.17) is 4.74 Å². The van der Waals surface area contributed by atoms with Crippen molar-refractivity contribution in [3.63, 3.8) is 0 Å². The van der Waals surface area contributed by atoms with Crippen molar-refractivity contribution < 1.29 is 14.3 Å². The minimum atomic E-state index is 0.150. The fourth-order valence-corrected chi connectivity index (χ4v) is 4.64. The van der Waals surface area contributed by atoms with Gasteiger partial charge in [-0.25, -0.2) is 0 Å². The van der Waals surface area contributed by atoms with Crippen LogP contribution in [-0.4, -0.2) is 54.4 Å². The lowest BCUT2D eigenvalue weighted by molar-refractivity contribution is -0.133. The molecule has 2 amide bonds. The van der Waals surface area contributed by atoms with Crippen molar-refractivity contribution in [2.45, 2.75) is 40.0 Å². The van der Waals surface area contributed by atoms with Crippen LogP contribution in [0.5, 0.6) is 5.75 Å². The number of benzene rings is 1. The summed E-state index contributed by atoms with van der Waals surface area (Å²) in [6.07, 6.45) is 2.70. The number of hydrogen-bond donors (Lipinski definition) is 0. The highest BCUT2D eigenvalue weighted by molar-refractivity contribution is 5.76. The van der Waals surface area contributed by atoms with Gasteiger partial charge in [-0.05, 0) is 42.7 Å². The Labute approximate surface area is 169 Å². The topological polar surface area (TPSA) is 49.9 Å². The van der Waals surface area contributed by atoms with Gasteiger partial charge in [0.2, 0.25) is 11.8 Å². The van der Waals surface area contributed by atoms with Crippen LogP contribution in [0.25, 0.3) is 0 Å². The quantitative estimate of drug-likeness (QED) is 0.752. The third kappa shape index (κ3) is 5.27. The molecule has 0 saturated carbocycles. The minimum Gasteiger partial charge on any atom is -0.493 e. The zero-order chi connectivity index (χ0) is 20.1. The standard InChI is InChI=1S/C23H34N2O3/c1-17(2)13-23(27)24-11-9-19(10-12-24)22-15-25(18(3)26)14-20(22)16-28-21-7-5-4-6-8-21/h4-8,17,19-20,22H,9-16H2,1-3H3/t20-,22-/m0/s1. The number of carbonyl (C=O) groups excluding carboxylic acids is 2. The second-order valence-electron chi connectivity index (χ2n) is 8.79. The van der Waals surface area contributed by atoms with Crippen molar-refractivity contribution >= 4 is 11.8 Å². The molecule has 0 aromatic heterocycles. The van der Waals surface area contributed by atoms with Gasteiger partial charge in [-0.3, -0.25) is 9.59 Å². The van der Waals surface area contributed by atoms with Gasteiger partial charge in [-0.2, -0.15) is 0 Å². The summed E-state index contributed by atoms with van der Waals surface area (Å²) in [7, 11) is 0. The number of likely N-dealkylation sites (tertiary alicyclic amines) is 2. The number of ether oxygens (including phenoxy) is 1. The molecule has 28 heavy (non-hydrogen) atoms. The normalized spacial score (nSPS) is 23.3. The number of nitrogens with zero attached hydrogens (tertiary/aromatic N) is 2. The van der Waals surface area contributed by atoms with Gasteiger partial charge < -0.3 is 14.5 Å². The highest BCUT2D eigenvalue weighted by Crippen LogP contribution is 2.36. The van der Waals surface area contributed by atoms with Gasteiger partial charge >= 0.3 is 0 Å². The lowest BCUT2D eigenvalue weighted by Crippen LogP contribution is -2.42. The number of rotatable bonds is 6. The molecule has 0 radical (unpaired) electrons. The first kappa shape index (κ1) is 20.7. The summed E-state index contributed by atoms with van der Waals surface area (Å²) < 4.78 is 6.04. The van der Waals surface area contributed by atoms with E-state index in [1.807, 2.05) is 40.1 Å². The van der Waals surface area contributed by atoms with Crippen molar-refractivity contribution in [2.24, 2.45) is 23.7 Å². The predicted octanol–water partition coefficient (Wildman–Crippen LogP) is 3.44. The van der Waals surface area contributed by atoms with E-state index >= 15 is 0 Å². The Morgan fingerprint density at radius 3 is 2.36 bits per heavy atom. The van der Waals surface area contributed by atoms with Gasteiger partial charge in [0.05, 0.1) is 6.61 Å². The van der Waals surface area contributed by atoms with E-state index in [1.54, 1.807) is 6.92 Å². The summed E-state index contributed by atoms with van der Waals surface area (Å²) in [6, 6.07) is 9.90. The first-order valence-corrected chi connectivity index (χ1v) is 10.6. The van der Waals surface area contributed by atoms with E-state index in [0.29, 0.717) is 36.7 Å². The fourth-order valence-electron chi connectivity index (χ4n) is 4.64. The maximum atomic E-state index is 12.4. The number of piperidine rings is 1. The summed E-state index contributed by atoms with van der Waals surface area (Å²) in [5, 5.41) is 0. The Morgan fingerprint density at radius 2 is 1.75 bits per heavy atom. The molecule has 3 rings (SSSR count). The summed E-state index contributed by atoms with van der Waals surface area (Å²) in [6.45, 7) is 9.78. The average Bonchev–Trinajstić information content (AvgIpc) is 3.11. The molecule has 2 saturated heterocycles. The zero-order valence-electron chi connectivity index (χ0n) is 17.5. The maximum Gasteiger partial charge on any atom is 0.222 e. The van der Waals surface area contributed by atoms with Crippen molar-refractivity contribution in [3.8, 4) is 5.75 Å². The molecule has 0 unspecified atom stereocenters. The average molecular weight is 387 g/mol. The SMILES string of the molecule is CC(=O)N1C[C@@H](COc2ccccc2)[C@H](C2CCN(C(=O)CC(C)C)CC2)C1.